The van der Waals surface area contributed by atoms with Crippen molar-refractivity contribution in [2.45, 2.75) is 64.8 Å². The van der Waals surface area contributed by atoms with E-state index in [4.69, 9.17) is 0 Å². The van der Waals surface area contributed by atoms with E-state index >= 15 is 0 Å². The fourth-order valence-corrected chi connectivity index (χ4v) is 5.10. The Labute approximate surface area is 256 Å². The second kappa shape index (κ2) is 15.6. The van der Waals surface area contributed by atoms with Crippen LogP contribution in [0.5, 0.6) is 0 Å². The summed E-state index contributed by atoms with van der Waals surface area (Å²) in [4.78, 5) is 39.0. The van der Waals surface area contributed by atoms with Crippen molar-refractivity contribution in [3.8, 4) is 0 Å². The van der Waals surface area contributed by atoms with Gasteiger partial charge < -0.3 is 15.5 Å². The van der Waals surface area contributed by atoms with Gasteiger partial charge in [0.1, 0.15) is 5.01 Å². The molecular formula is C32H37N7O3S. The molecule has 0 unspecified atom stereocenters. The summed E-state index contributed by atoms with van der Waals surface area (Å²) in [6, 6.07) is 20.9. The first-order valence-electron chi connectivity index (χ1n) is 14.4. The van der Waals surface area contributed by atoms with Gasteiger partial charge in [0.05, 0.1) is 25.0 Å². The number of unbranched alkanes of at least 4 members (excludes halogenated alkanes) is 1. The summed E-state index contributed by atoms with van der Waals surface area (Å²) in [6.07, 6.45) is 4.05. The average Bonchev–Trinajstić information content (AvgIpc) is 3.43. The normalized spacial score (nSPS) is 10.9. The third-order valence-corrected chi connectivity index (χ3v) is 7.76. The number of hydrogen-bond donors (Lipinski definition) is 2. The molecule has 0 bridgehead atoms. The lowest BCUT2D eigenvalue weighted by molar-refractivity contribution is -0.130. The van der Waals surface area contributed by atoms with Crippen LogP contribution in [0.25, 0.3) is 0 Å². The first-order valence-corrected chi connectivity index (χ1v) is 15.2. The number of anilines is 2. The van der Waals surface area contributed by atoms with E-state index < -0.39 is 0 Å². The van der Waals surface area contributed by atoms with Crippen LogP contribution in [0.3, 0.4) is 0 Å². The Hall–Kier alpha value is -4.51. The number of nitrogens with zero attached hydrogens (tertiary/aromatic N) is 5. The predicted molar refractivity (Wildman–Crippen MR) is 168 cm³/mol. The van der Waals surface area contributed by atoms with Crippen molar-refractivity contribution in [2.24, 2.45) is 0 Å². The largest absolute Gasteiger partial charge is 0.343 e. The molecule has 2 N–H and O–H groups in total. The van der Waals surface area contributed by atoms with Crippen LogP contribution in [-0.4, -0.2) is 56.1 Å². The number of benzene rings is 2. The molecule has 0 aliphatic rings. The summed E-state index contributed by atoms with van der Waals surface area (Å²) in [5.74, 6) is 0.173. The lowest BCUT2D eigenvalue weighted by atomic mass is 10.0. The molecule has 2 heterocycles. The van der Waals surface area contributed by atoms with E-state index in [0.29, 0.717) is 17.4 Å². The van der Waals surface area contributed by atoms with Gasteiger partial charge in [-0.1, -0.05) is 65.9 Å². The molecule has 4 aromatic rings. The van der Waals surface area contributed by atoms with Crippen LogP contribution in [0.2, 0.25) is 0 Å². The number of amides is 3. The number of aryl methyl sites for hydroxylation is 2. The molecule has 0 aliphatic heterocycles. The van der Waals surface area contributed by atoms with Crippen LogP contribution in [0.4, 0.5) is 10.9 Å². The number of carbonyl (C=O) groups is 3. The van der Waals surface area contributed by atoms with E-state index in [1.54, 1.807) is 18.0 Å². The molecule has 0 saturated carbocycles. The van der Waals surface area contributed by atoms with Crippen molar-refractivity contribution in [3.63, 3.8) is 0 Å². The van der Waals surface area contributed by atoms with Gasteiger partial charge in [0, 0.05) is 19.5 Å². The summed E-state index contributed by atoms with van der Waals surface area (Å²) in [6.45, 7) is 3.95. The van der Waals surface area contributed by atoms with Gasteiger partial charge in [0.15, 0.2) is 5.82 Å². The minimum atomic E-state index is -0.177. The smallest absolute Gasteiger partial charge is 0.230 e. The summed E-state index contributed by atoms with van der Waals surface area (Å²) < 4.78 is 0. The quantitative estimate of drug-likeness (QED) is 0.202. The molecule has 4 rings (SSSR count). The van der Waals surface area contributed by atoms with Crippen molar-refractivity contribution in [3.05, 3.63) is 94.1 Å². The van der Waals surface area contributed by atoms with Gasteiger partial charge in [0.25, 0.3) is 0 Å². The molecule has 0 radical (unpaired) electrons. The molecule has 0 atom stereocenters. The van der Waals surface area contributed by atoms with Crippen LogP contribution in [0.1, 0.15) is 54.1 Å². The molecule has 0 saturated heterocycles. The Bertz CT molecular complexity index is 1510. The molecular weight excluding hydrogens is 562 g/mol. The Kier molecular flexibility index (Phi) is 11.4. The topological polar surface area (TPSA) is 130 Å². The van der Waals surface area contributed by atoms with Crippen LogP contribution >= 0.6 is 11.3 Å². The number of hydrogen-bond acceptors (Lipinski definition) is 8. The van der Waals surface area contributed by atoms with Gasteiger partial charge in [0.2, 0.25) is 22.9 Å². The zero-order valence-electron chi connectivity index (χ0n) is 24.7. The van der Waals surface area contributed by atoms with E-state index in [1.165, 1.54) is 11.3 Å². The van der Waals surface area contributed by atoms with E-state index in [1.807, 2.05) is 74.5 Å². The third kappa shape index (κ3) is 10.4. The molecule has 0 spiro atoms. The van der Waals surface area contributed by atoms with E-state index in [0.717, 1.165) is 53.1 Å². The highest BCUT2D eigenvalue weighted by Crippen LogP contribution is 2.18. The van der Waals surface area contributed by atoms with Crippen LogP contribution < -0.4 is 10.6 Å². The Morgan fingerprint density at radius 1 is 0.744 bits per heavy atom. The second-order valence-electron chi connectivity index (χ2n) is 10.6. The van der Waals surface area contributed by atoms with Crippen molar-refractivity contribution in [2.75, 3.05) is 17.7 Å². The lowest BCUT2D eigenvalue weighted by Gasteiger charge is -2.21. The number of rotatable bonds is 14. The maximum absolute atomic E-state index is 12.6. The van der Waals surface area contributed by atoms with Gasteiger partial charge in [-0.05, 0) is 61.9 Å². The monoisotopic (exact) mass is 599 g/mol. The number of nitrogens with one attached hydrogen (secondary N) is 2. The molecule has 11 heteroatoms. The Morgan fingerprint density at radius 2 is 1.42 bits per heavy atom. The van der Waals surface area contributed by atoms with Crippen molar-refractivity contribution >= 4 is 40.0 Å². The van der Waals surface area contributed by atoms with Gasteiger partial charge >= 0.3 is 0 Å². The minimum Gasteiger partial charge on any atom is -0.343 e. The predicted octanol–water partition coefficient (Wildman–Crippen LogP) is 4.67. The summed E-state index contributed by atoms with van der Waals surface area (Å²) in [5.41, 5.74) is 3.52. The molecule has 43 heavy (non-hydrogen) atoms. The number of aromatic nitrogens is 4. The van der Waals surface area contributed by atoms with E-state index in [-0.39, 0.29) is 36.6 Å². The lowest BCUT2D eigenvalue weighted by Crippen LogP contribution is -2.34. The fourth-order valence-electron chi connectivity index (χ4n) is 4.30. The highest BCUT2D eigenvalue weighted by Gasteiger charge is 2.14. The molecule has 0 aliphatic carbocycles. The summed E-state index contributed by atoms with van der Waals surface area (Å²) in [7, 11) is 1.80. The zero-order valence-corrected chi connectivity index (χ0v) is 25.6. The highest BCUT2D eigenvalue weighted by atomic mass is 32.1. The van der Waals surface area contributed by atoms with Crippen LogP contribution in [0.15, 0.2) is 66.7 Å². The van der Waals surface area contributed by atoms with Gasteiger partial charge in [-0.2, -0.15) is 5.10 Å². The average molecular weight is 600 g/mol. The van der Waals surface area contributed by atoms with Crippen molar-refractivity contribution in [1.29, 1.82) is 0 Å². The van der Waals surface area contributed by atoms with E-state index in [9.17, 15) is 14.4 Å². The fraction of sp³-hybridized carbons (Fsp3) is 0.344. The van der Waals surface area contributed by atoms with Crippen molar-refractivity contribution in [1.82, 2.24) is 25.3 Å². The SMILES string of the molecule is CC(C)N(C)C(=O)Cc1cccc(CC(=O)Nc2nnc(CCCCc3ccc(NC(=O)Cc4ccccc4)nn3)s2)c1. The molecule has 3 amide bonds. The first-order chi connectivity index (χ1) is 20.7. The number of carbonyl (C=O) groups excluding carboxylic acids is 3. The molecule has 10 nitrogen and oxygen atoms in total. The molecule has 2 aromatic carbocycles. The highest BCUT2D eigenvalue weighted by molar-refractivity contribution is 7.15. The molecule has 0 fully saturated rings. The summed E-state index contributed by atoms with van der Waals surface area (Å²) >= 11 is 1.37. The Balaban J connectivity index is 1.15. The van der Waals surface area contributed by atoms with Gasteiger partial charge in [-0.15, -0.1) is 15.3 Å². The van der Waals surface area contributed by atoms with Gasteiger partial charge in [-0.3, -0.25) is 14.4 Å². The first kappa shape index (κ1) is 31.4. The minimum absolute atomic E-state index is 0.0453. The summed E-state index contributed by atoms with van der Waals surface area (Å²) in [5, 5.41) is 23.6. The second-order valence-corrected chi connectivity index (χ2v) is 11.7. The van der Waals surface area contributed by atoms with Crippen molar-refractivity contribution < 1.29 is 14.4 Å². The number of likely N-dealkylation sites (N-methyl/N-ethyl adjacent to an activating group) is 1. The van der Waals surface area contributed by atoms with Gasteiger partial charge in [-0.25, -0.2) is 0 Å². The Morgan fingerprint density at radius 3 is 2.14 bits per heavy atom. The molecule has 2 aromatic heterocycles. The standard InChI is InChI=1S/C32H37N7O3S/c1-22(2)39(3)31(42)21-25-13-9-12-24(18-25)20-29(41)34-32-38-37-30(43-32)15-8-7-14-26-16-17-27(36-35-26)33-28(40)19-23-10-5-4-6-11-23/h4-6,9-13,16-18,22H,7-8,14-15,19-21H2,1-3H3,(H,33,36,40)(H,34,38,41). The third-order valence-electron chi connectivity index (χ3n) is 6.86. The van der Waals surface area contributed by atoms with Crippen LogP contribution in [0, 0.1) is 0 Å². The maximum atomic E-state index is 12.6. The zero-order chi connectivity index (χ0) is 30.6. The maximum Gasteiger partial charge on any atom is 0.230 e. The van der Waals surface area contributed by atoms with Crippen LogP contribution in [-0.2, 0) is 46.5 Å². The van der Waals surface area contributed by atoms with E-state index in [2.05, 4.69) is 31.0 Å². The molecule has 224 valence electrons.